The van der Waals surface area contributed by atoms with E-state index in [0.29, 0.717) is 0 Å². The molecule has 0 aromatic rings. The van der Waals surface area contributed by atoms with Crippen molar-refractivity contribution in [2.75, 3.05) is 0 Å². The summed E-state index contributed by atoms with van der Waals surface area (Å²) in [6.45, 7) is 2.18. The van der Waals surface area contributed by atoms with Gasteiger partial charge in [0.25, 0.3) is 0 Å². The molecule has 0 heterocycles. The van der Waals surface area contributed by atoms with E-state index < -0.39 is 0 Å². The number of rotatable bonds is 1. The molecular weight excluding hydrogens is 82.9 g/mol. The van der Waals surface area contributed by atoms with Crippen molar-refractivity contribution in [1.29, 1.82) is 0 Å². The van der Waals surface area contributed by atoms with Crippen molar-refractivity contribution in [1.82, 2.24) is 0 Å². The molecule has 1 heteroatoms. The summed E-state index contributed by atoms with van der Waals surface area (Å²) in [5, 5.41) is 0. The Bertz CT molecular complexity index is 46.1. The van der Waals surface area contributed by atoms with Crippen molar-refractivity contribution in [3.8, 4) is 0 Å². The minimum absolute atomic E-state index is 0.972. The van der Waals surface area contributed by atoms with E-state index in [-0.39, 0.29) is 0 Å². The van der Waals surface area contributed by atoms with Crippen LogP contribution >= 0.6 is 0 Å². The van der Waals surface area contributed by atoms with Crippen molar-refractivity contribution in [2.45, 2.75) is 38.3 Å². The van der Waals surface area contributed by atoms with E-state index in [2.05, 4.69) is 14.1 Å². The summed E-state index contributed by atoms with van der Waals surface area (Å²) < 4.78 is 0. The molecule has 0 N–H and O–H groups in total. The summed E-state index contributed by atoms with van der Waals surface area (Å²) in [5.41, 5.74) is 0. The average Bonchev–Trinajstić information content (AvgIpc) is 2.14. The van der Waals surface area contributed by atoms with E-state index in [0.717, 1.165) is 5.82 Å². The fourth-order valence-corrected chi connectivity index (χ4v) is 1.29. The SMILES string of the molecule is C[B]C1CCCC1. The first-order valence-electron chi connectivity index (χ1n) is 3.23. The molecule has 0 saturated heterocycles. The van der Waals surface area contributed by atoms with Crippen molar-refractivity contribution in [3.05, 3.63) is 0 Å². The van der Waals surface area contributed by atoms with E-state index in [9.17, 15) is 0 Å². The van der Waals surface area contributed by atoms with Gasteiger partial charge in [-0.3, -0.25) is 0 Å². The molecule has 1 radical (unpaired) electrons. The van der Waals surface area contributed by atoms with Crippen LogP contribution in [0.2, 0.25) is 12.6 Å². The highest BCUT2D eigenvalue weighted by molar-refractivity contribution is 6.35. The zero-order valence-corrected chi connectivity index (χ0v) is 4.98. The van der Waals surface area contributed by atoms with Crippen LogP contribution in [-0.2, 0) is 0 Å². The van der Waals surface area contributed by atoms with Gasteiger partial charge in [0.05, 0.1) is 0 Å². The van der Waals surface area contributed by atoms with Crippen molar-refractivity contribution >= 4 is 7.28 Å². The van der Waals surface area contributed by atoms with Crippen molar-refractivity contribution < 1.29 is 0 Å². The summed E-state index contributed by atoms with van der Waals surface area (Å²) >= 11 is 0. The zero-order chi connectivity index (χ0) is 5.11. The first kappa shape index (κ1) is 5.21. The Hall–Kier alpha value is 0.0649. The highest BCUT2D eigenvalue weighted by Gasteiger charge is 2.11. The quantitative estimate of drug-likeness (QED) is 0.437. The molecule has 0 bridgehead atoms. The highest BCUT2D eigenvalue weighted by Crippen LogP contribution is 2.28. The standard InChI is InChI=1S/C6H12B/c1-7-6-4-2-3-5-6/h6H,2-5H2,1H3. The third-order valence-electron chi connectivity index (χ3n) is 1.87. The van der Waals surface area contributed by atoms with Gasteiger partial charge in [0, 0.05) is 0 Å². The van der Waals surface area contributed by atoms with Gasteiger partial charge in [-0.2, -0.15) is 0 Å². The summed E-state index contributed by atoms with van der Waals surface area (Å²) in [4.78, 5) is 0. The molecule has 0 aliphatic heterocycles. The van der Waals surface area contributed by atoms with Crippen LogP contribution in [0, 0.1) is 0 Å². The lowest BCUT2D eigenvalue weighted by Gasteiger charge is -1.98. The first-order chi connectivity index (χ1) is 3.43. The van der Waals surface area contributed by atoms with Crippen LogP contribution in [0.3, 0.4) is 0 Å². The van der Waals surface area contributed by atoms with Crippen molar-refractivity contribution in [3.63, 3.8) is 0 Å². The van der Waals surface area contributed by atoms with Gasteiger partial charge in [0.2, 0.25) is 0 Å². The second-order valence-corrected chi connectivity index (χ2v) is 2.38. The summed E-state index contributed by atoms with van der Waals surface area (Å²) in [5.74, 6) is 0.972. The Balaban J connectivity index is 2.14. The van der Waals surface area contributed by atoms with Crippen LogP contribution in [0.25, 0.3) is 0 Å². The van der Waals surface area contributed by atoms with Crippen molar-refractivity contribution in [2.24, 2.45) is 0 Å². The Morgan fingerprint density at radius 2 is 1.86 bits per heavy atom. The Morgan fingerprint density at radius 3 is 2.14 bits per heavy atom. The van der Waals surface area contributed by atoms with E-state index in [4.69, 9.17) is 0 Å². The molecular formula is C6H12B. The van der Waals surface area contributed by atoms with Crippen LogP contribution in [0.15, 0.2) is 0 Å². The van der Waals surface area contributed by atoms with E-state index in [1.54, 1.807) is 0 Å². The van der Waals surface area contributed by atoms with Crippen LogP contribution < -0.4 is 0 Å². The first-order valence-corrected chi connectivity index (χ1v) is 3.23. The monoisotopic (exact) mass is 95.1 g/mol. The zero-order valence-electron chi connectivity index (χ0n) is 4.98. The molecule has 1 fully saturated rings. The molecule has 1 rings (SSSR count). The van der Waals surface area contributed by atoms with Gasteiger partial charge < -0.3 is 0 Å². The maximum absolute atomic E-state index is 2.34. The number of hydrogen-bond donors (Lipinski definition) is 0. The lowest BCUT2D eigenvalue weighted by atomic mass is 9.66. The fraction of sp³-hybridized carbons (Fsp3) is 1.00. The second-order valence-electron chi connectivity index (χ2n) is 2.38. The normalized spacial score (nSPS) is 23.0. The van der Waals surface area contributed by atoms with Gasteiger partial charge in [-0.1, -0.05) is 38.3 Å². The Labute approximate surface area is 46.5 Å². The lowest BCUT2D eigenvalue weighted by molar-refractivity contribution is 0.869. The molecule has 0 nitrogen and oxygen atoms in total. The largest absolute Gasteiger partial charge is 0.110 e. The lowest BCUT2D eigenvalue weighted by Crippen LogP contribution is -1.90. The van der Waals surface area contributed by atoms with E-state index in [1.807, 2.05) is 0 Å². The van der Waals surface area contributed by atoms with Crippen LogP contribution in [0.4, 0.5) is 0 Å². The third kappa shape index (κ3) is 1.22. The minimum Gasteiger partial charge on any atom is -0.0917 e. The van der Waals surface area contributed by atoms with Gasteiger partial charge in [0.1, 0.15) is 7.28 Å². The number of hydrogen-bond acceptors (Lipinski definition) is 0. The van der Waals surface area contributed by atoms with Crippen LogP contribution in [0.1, 0.15) is 25.7 Å². The second kappa shape index (κ2) is 2.39. The predicted molar refractivity (Wildman–Crippen MR) is 33.8 cm³/mol. The molecule has 7 heavy (non-hydrogen) atoms. The van der Waals surface area contributed by atoms with Gasteiger partial charge in [-0.25, -0.2) is 0 Å². The maximum Gasteiger partial charge on any atom is 0.110 e. The highest BCUT2D eigenvalue weighted by atomic mass is 14.1. The van der Waals surface area contributed by atoms with Crippen LogP contribution in [-0.4, -0.2) is 7.28 Å². The predicted octanol–water partition coefficient (Wildman–Crippen LogP) is 2.10. The smallest absolute Gasteiger partial charge is 0.0917 e. The molecule has 0 atom stereocenters. The summed E-state index contributed by atoms with van der Waals surface area (Å²) in [7, 11) is 2.34. The fourth-order valence-electron chi connectivity index (χ4n) is 1.29. The molecule has 0 aromatic heterocycles. The van der Waals surface area contributed by atoms with E-state index >= 15 is 0 Å². The maximum atomic E-state index is 2.34. The summed E-state index contributed by atoms with van der Waals surface area (Å²) in [6, 6.07) is 0. The molecule has 39 valence electrons. The molecule has 0 unspecified atom stereocenters. The van der Waals surface area contributed by atoms with E-state index in [1.165, 1.54) is 25.7 Å². The van der Waals surface area contributed by atoms with Gasteiger partial charge in [0.15, 0.2) is 0 Å². The molecule has 1 aliphatic rings. The summed E-state index contributed by atoms with van der Waals surface area (Å²) in [6.07, 6.45) is 5.84. The molecule has 0 aromatic carbocycles. The van der Waals surface area contributed by atoms with Crippen LogP contribution in [0.5, 0.6) is 0 Å². The molecule has 1 aliphatic carbocycles. The molecule has 1 saturated carbocycles. The Morgan fingerprint density at radius 1 is 1.29 bits per heavy atom. The minimum atomic E-state index is 0.972. The van der Waals surface area contributed by atoms with Gasteiger partial charge in [-0.05, 0) is 0 Å². The molecule has 0 amide bonds. The molecule has 0 spiro atoms. The third-order valence-corrected chi connectivity index (χ3v) is 1.87. The average molecular weight is 95.0 g/mol. The topological polar surface area (TPSA) is 0 Å². The Kier molecular flexibility index (Phi) is 1.78. The van der Waals surface area contributed by atoms with Gasteiger partial charge in [-0.15, -0.1) is 0 Å². The van der Waals surface area contributed by atoms with Gasteiger partial charge >= 0.3 is 0 Å².